The number of allylic oxidation sites excluding steroid dienone is 2. The Morgan fingerprint density at radius 3 is 2.56 bits per heavy atom. The topological polar surface area (TPSA) is 49.4 Å². The molecule has 0 aromatic carbocycles. The number of rotatable bonds is 3. The molecule has 1 aliphatic carbocycles. The van der Waals surface area contributed by atoms with Crippen LogP contribution in [0, 0.1) is 11.8 Å². The zero-order valence-electron chi connectivity index (χ0n) is 11.0. The number of piperidine rings is 1. The van der Waals surface area contributed by atoms with Crippen LogP contribution in [-0.2, 0) is 9.59 Å². The first kappa shape index (κ1) is 13.1. The third kappa shape index (κ3) is 3.12. The summed E-state index contributed by atoms with van der Waals surface area (Å²) in [6.45, 7) is 1.46. The normalized spacial score (nSPS) is 24.3. The summed E-state index contributed by atoms with van der Waals surface area (Å²) in [5.74, 6) is 0.891. The molecule has 4 heteroatoms. The van der Waals surface area contributed by atoms with Crippen molar-refractivity contribution in [3.63, 3.8) is 0 Å². The second-order valence-electron chi connectivity index (χ2n) is 5.24. The minimum absolute atomic E-state index is 0.0884. The summed E-state index contributed by atoms with van der Waals surface area (Å²) >= 11 is 0. The van der Waals surface area contributed by atoms with Crippen LogP contribution in [0.25, 0.3) is 0 Å². The first-order chi connectivity index (χ1) is 8.70. The summed E-state index contributed by atoms with van der Waals surface area (Å²) in [5, 5.41) is 2.69. The quantitative estimate of drug-likeness (QED) is 0.768. The number of amides is 2. The van der Waals surface area contributed by atoms with Crippen molar-refractivity contribution in [1.82, 2.24) is 10.2 Å². The Bertz CT molecular complexity index is 344. The van der Waals surface area contributed by atoms with E-state index in [0.29, 0.717) is 12.3 Å². The zero-order valence-corrected chi connectivity index (χ0v) is 11.0. The van der Waals surface area contributed by atoms with Gasteiger partial charge in [0.15, 0.2) is 0 Å². The van der Waals surface area contributed by atoms with Gasteiger partial charge in [-0.05, 0) is 31.6 Å². The lowest BCUT2D eigenvalue weighted by atomic mass is 9.95. The molecule has 2 rings (SSSR count). The Balaban J connectivity index is 1.76. The van der Waals surface area contributed by atoms with E-state index in [0.717, 1.165) is 38.8 Å². The van der Waals surface area contributed by atoms with E-state index in [4.69, 9.17) is 0 Å². The second-order valence-corrected chi connectivity index (χ2v) is 5.24. The Labute approximate surface area is 108 Å². The molecule has 2 aliphatic rings. The molecule has 1 fully saturated rings. The van der Waals surface area contributed by atoms with Crippen LogP contribution in [0.3, 0.4) is 0 Å². The van der Waals surface area contributed by atoms with E-state index in [9.17, 15) is 9.59 Å². The molecule has 0 saturated carbocycles. The third-order valence-electron chi connectivity index (χ3n) is 4.01. The number of hydrogen-bond acceptors (Lipinski definition) is 2. The molecule has 1 unspecified atom stereocenters. The Kier molecular flexibility index (Phi) is 4.39. The summed E-state index contributed by atoms with van der Waals surface area (Å²) in [7, 11) is 1.67. The van der Waals surface area contributed by atoms with Gasteiger partial charge in [0, 0.05) is 32.5 Å². The highest BCUT2D eigenvalue weighted by Crippen LogP contribution is 2.23. The molecular weight excluding hydrogens is 228 g/mol. The molecule has 1 atom stereocenters. The summed E-state index contributed by atoms with van der Waals surface area (Å²) in [4.78, 5) is 25.5. The Morgan fingerprint density at radius 1 is 1.28 bits per heavy atom. The van der Waals surface area contributed by atoms with Crippen molar-refractivity contribution in [2.75, 3.05) is 20.1 Å². The van der Waals surface area contributed by atoms with Gasteiger partial charge >= 0.3 is 0 Å². The van der Waals surface area contributed by atoms with Gasteiger partial charge in [-0.2, -0.15) is 0 Å². The fourth-order valence-corrected chi connectivity index (χ4v) is 2.81. The van der Waals surface area contributed by atoms with Gasteiger partial charge in [-0.1, -0.05) is 12.2 Å². The lowest BCUT2D eigenvalue weighted by Gasteiger charge is -2.31. The van der Waals surface area contributed by atoms with Crippen LogP contribution in [0.2, 0.25) is 0 Å². The molecule has 4 nitrogen and oxygen atoms in total. The van der Waals surface area contributed by atoms with E-state index in [2.05, 4.69) is 17.5 Å². The van der Waals surface area contributed by atoms with E-state index in [1.807, 2.05) is 4.90 Å². The fraction of sp³-hybridized carbons (Fsp3) is 0.714. The summed E-state index contributed by atoms with van der Waals surface area (Å²) in [5.41, 5.74) is 0. The average molecular weight is 250 g/mol. The number of carbonyl (C=O) groups is 2. The Hall–Kier alpha value is -1.32. The lowest BCUT2D eigenvalue weighted by molar-refractivity contribution is -0.136. The van der Waals surface area contributed by atoms with Crippen LogP contribution in [0.5, 0.6) is 0 Å². The highest BCUT2D eigenvalue weighted by Gasteiger charge is 2.27. The van der Waals surface area contributed by atoms with Gasteiger partial charge in [0.2, 0.25) is 11.8 Å². The van der Waals surface area contributed by atoms with Gasteiger partial charge in [0.25, 0.3) is 0 Å². The van der Waals surface area contributed by atoms with Crippen LogP contribution in [0.1, 0.15) is 32.1 Å². The first-order valence-electron chi connectivity index (χ1n) is 6.86. The molecule has 1 aliphatic heterocycles. The smallest absolute Gasteiger partial charge is 0.223 e. The third-order valence-corrected chi connectivity index (χ3v) is 4.01. The van der Waals surface area contributed by atoms with Crippen LogP contribution in [0.4, 0.5) is 0 Å². The molecule has 1 heterocycles. The van der Waals surface area contributed by atoms with Crippen molar-refractivity contribution in [3.8, 4) is 0 Å². The van der Waals surface area contributed by atoms with Crippen molar-refractivity contribution in [2.24, 2.45) is 11.8 Å². The van der Waals surface area contributed by atoms with Crippen molar-refractivity contribution in [1.29, 1.82) is 0 Å². The van der Waals surface area contributed by atoms with Crippen molar-refractivity contribution in [2.45, 2.75) is 32.1 Å². The maximum Gasteiger partial charge on any atom is 0.223 e. The SMILES string of the molecule is CNC(=O)C1CCN(C(=O)CC2C=CCC2)CC1. The molecule has 100 valence electrons. The number of hydrogen-bond donors (Lipinski definition) is 1. The van der Waals surface area contributed by atoms with Gasteiger partial charge in [0.1, 0.15) is 0 Å². The number of nitrogens with zero attached hydrogens (tertiary/aromatic N) is 1. The number of nitrogens with one attached hydrogen (secondary N) is 1. The van der Waals surface area contributed by atoms with Gasteiger partial charge in [-0.25, -0.2) is 0 Å². The number of likely N-dealkylation sites (tertiary alicyclic amines) is 1. The monoisotopic (exact) mass is 250 g/mol. The molecule has 0 spiro atoms. The summed E-state index contributed by atoms with van der Waals surface area (Å²) in [6, 6.07) is 0. The summed E-state index contributed by atoms with van der Waals surface area (Å²) < 4.78 is 0. The molecular formula is C14H22N2O2. The van der Waals surface area contributed by atoms with Gasteiger partial charge in [-0.15, -0.1) is 0 Å². The minimum atomic E-state index is 0.0884. The van der Waals surface area contributed by atoms with Crippen LogP contribution < -0.4 is 5.32 Å². The predicted octanol–water partition coefficient (Wildman–Crippen LogP) is 1.33. The highest BCUT2D eigenvalue weighted by atomic mass is 16.2. The molecule has 0 bridgehead atoms. The largest absolute Gasteiger partial charge is 0.359 e. The second kappa shape index (κ2) is 6.03. The van der Waals surface area contributed by atoms with E-state index in [-0.39, 0.29) is 17.7 Å². The lowest BCUT2D eigenvalue weighted by Crippen LogP contribution is -2.42. The summed E-state index contributed by atoms with van der Waals surface area (Å²) in [6.07, 6.45) is 8.78. The zero-order chi connectivity index (χ0) is 13.0. The van der Waals surface area contributed by atoms with E-state index < -0.39 is 0 Å². The standard InChI is InChI=1S/C14H22N2O2/c1-15-14(18)12-6-8-16(9-7-12)13(17)10-11-4-2-3-5-11/h2,4,11-12H,3,5-10H2,1H3,(H,15,18). The average Bonchev–Trinajstić information content (AvgIpc) is 2.91. The fourth-order valence-electron chi connectivity index (χ4n) is 2.81. The van der Waals surface area contributed by atoms with Gasteiger partial charge in [0.05, 0.1) is 0 Å². The van der Waals surface area contributed by atoms with Crippen molar-refractivity contribution < 1.29 is 9.59 Å². The molecule has 1 N–H and O–H groups in total. The molecule has 0 aromatic heterocycles. The van der Waals surface area contributed by atoms with Crippen LogP contribution >= 0.6 is 0 Å². The maximum absolute atomic E-state index is 12.1. The minimum Gasteiger partial charge on any atom is -0.359 e. The van der Waals surface area contributed by atoms with Crippen molar-refractivity contribution >= 4 is 11.8 Å². The van der Waals surface area contributed by atoms with Gasteiger partial charge in [-0.3, -0.25) is 9.59 Å². The van der Waals surface area contributed by atoms with Crippen LogP contribution in [0.15, 0.2) is 12.2 Å². The molecule has 18 heavy (non-hydrogen) atoms. The first-order valence-corrected chi connectivity index (χ1v) is 6.86. The predicted molar refractivity (Wildman–Crippen MR) is 69.9 cm³/mol. The van der Waals surface area contributed by atoms with Crippen LogP contribution in [-0.4, -0.2) is 36.9 Å². The van der Waals surface area contributed by atoms with Gasteiger partial charge < -0.3 is 10.2 Å². The van der Waals surface area contributed by atoms with E-state index in [1.165, 1.54) is 0 Å². The number of carbonyl (C=O) groups excluding carboxylic acids is 2. The molecule has 0 aromatic rings. The maximum atomic E-state index is 12.1. The highest BCUT2D eigenvalue weighted by molar-refractivity contribution is 5.80. The Morgan fingerprint density at radius 2 is 2.00 bits per heavy atom. The molecule has 0 radical (unpaired) electrons. The van der Waals surface area contributed by atoms with Crippen molar-refractivity contribution in [3.05, 3.63) is 12.2 Å². The molecule has 1 saturated heterocycles. The molecule has 2 amide bonds. The van der Waals surface area contributed by atoms with E-state index >= 15 is 0 Å². The van der Waals surface area contributed by atoms with E-state index in [1.54, 1.807) is 7.05 Å².